The van der Waals surface area contributed by atoms with E-state index >= 15 is 0 Å². The van der Waals surface area contributed by atoms with E-state index in [9.17, 15) is 14.4 Å². The predicted molar refractivity (Wildman–Crippen MR) is 85.6 cm³/mol. The minimum atomic E-state index is -1.07. The van der Waals surface area contributed by atoms with E-state index in [1.165, 1.54) is 21.6 Å². The van der Waals surface area contributed by atoms with E-state index in [4.69, 9.17) is 32.5 Å². The molecular weight excluding hydrogens is 342 g/mol. The second-order valence-corrected chi connectivity index (χ2v) is 6.50. The largest absolute Gasteiger partial charge is 0.480 e. The van der Waals surface area contributed by atoms with Crippen molar-refractivity contribution in [2.45, 2.75) is 18.1 Å². The molecule has 3 atom stereocenters. The van der Waals surface area contributed by atoms with E-state index in [-0.39, 0.29) is 17.3 Å². The quantitative estimate of drug-likeness (QED) is 0.144. The first-order valence-corrected chi connectivity index (χ1v) is 8.55. The average molecular weight is 361 g/mol. The molecule has 12 heteroatoms. The van der Waals surface area contributed by atoms with Crippen molar-refractivity contribution in [1.82, 2.24) is 0 Å². The number of carbonyl (C=O) groups is 3. The fourth-order valence-corrected chi connectivity index (χ4v) is 2.85. The first-order valence-electron chi connectivity index (χ1n) is 5.43. The summed E-state index contributed by atoms with van der Waals surface area (Å²) in [7, 11) is 2.41. The molecule has 21 heavy (non-hydrogen) atoms. The minimum Gasteiger partial charge on any atom is -0.480 e. The molecule has 0 spiro atoms. The molecule has 0 aromatic carbocycles. The van der Waals surface area contributed by atoms with Crippen molar-refractivity contribution in [2.75, 3.05) is 17.3 Å². The summed E-state index contributed by atoms with van der Waals surface area (Å²) in [5, 5.41) is 24.8. The summed E-state index contributed by atoms with van der Waals surface area (Å²) in [6.07, 6.45) is 0. The van der Waals surface area contributed by atoms with Gasteiger partial charge in [0.1, 0.15) is 18.1 Å². The van der Waals surface area contributed by atoms with Crippen molar-refractivity contribution in [3.63, 3.8) is 0 Å². The lowest BCUT2D eigenvalue weighted by atomic mass is 10.4. The Morgan fingerprint density at radius 1 is 0.810 bits per heavy atom. The molecule has 9 N–H and O–H groups in total. The van der Waals surface area contributed by atoms with Crippen LogP contribution in [0.4, 0.5) is 0 Å². The molecule has 0 aromatic rings. The van der Waals surface area contributed by atoms with Crippen LogP contribution in [-0.2, 0) is 14.4 Å². The van der Waals surface area contributed by atoms with Gasteiger partial charge in [0.05, 0.1) is 0 Å². The van der Waals surface area contributed by atoms with Gasteiger partial charge in [-0.25, -0.2) is 0 Å². The first kappa shape index (κ1) is 22.6. The highest BCUT2D eigenvalue weighted by molar-refractivity contribution is 8.76. The molecule has 0 saturated heterocycles. The van der Waals surface area contributed by atoms with Crippen molar-refractivity contribution in [1.29, 1.82) is 0 Å². The molecule has 0 fully saturated rings. The van der Waals surface area contributed by atoms with E-state index in [1.54, 1.807) is 0 Å². The minimum absolute atomic E-state index is 0.190. The van der Waals surface area contributed by atoms with Crippen LogP contribution in [-0.4, -0.2) is 68.6 Å². The number of hydrogen-bond donors (Lipinski definition) is 7. The smallest absolute Gasteiger partial charge is 0.321 e. The zero-order valence-electron chi connectivity index (χ0n) is 10.9. The summed E-state index contributed by atoms with van der Waals surface area (Å²) in [6, 6.07) is -2.66. The fourth-order valence-electron chi connectivity index (χ4n) is 0.464. The number of hydrogen-bond acceptors (Lipinski definition) is 9. The topological polar surface area (TPSA) is 190 Å². The molecule has 0 rings (SSSR count). The van der Waals surface area contributed by atoms with Gasteiger partial charge in [-0.05, 0) is 0 Å². The standard InChI is InChI=1S/C6H12N2O4S2.C3H7NO2S/c7-3(5(9)10)1-13-14-2-4(8)6(11)12;4-2(1-7)3(5)6/h3-4H,1-2,7-8H2,(H,9,10)(H,11,12);2,7H,1,4H2,(H,5,6). The van der Waals surface area contributed by atoms with Crippen molar-refractivity contribution in [3.8, 4) is 0 Å². The van der Waals surface area contributed by atoms with Gasteiger partial charge >= 0.3 is 17.9 Å². The molecule has 0 bridgehead atoms. The van der Waals surface area contributed by atoms with Crippen molar-refractivity contribution < 1.29 is 29.7 Å². The van der Waals surface area contributed by atoms with Gasteiger partial charge in [-0.15, -0.1) is 0 Å². The Morgan fingerprint density at radius 3 is 1.24 bits per heavy atom. The number of thiol groups is 1. The van der Waals surface area contributed by atoms with Crippen molar-refractivity contribution in [3.05, 3.63) is 0 Å². The summed E-state index contributed by atoms with van der Waals surface area (Å²) in [6.45, 7) is 0. The number of rotatable bonds is 9. The first-order chi connectivity index (χ1) is 9.63. The van der Waals surface area contributed by atoms with Crippen LogP contribution in [0.1, 0.15) is 0 Å². The van der Waals surface area contributed by atoms with Gasteiger partial charge in [-0.3, -0.25) is 14.4 Å². The van der Waals surface area contributed by atoms with Gasteiger partial charge in [0.2, 0.25) is 0 Å². The number of aliphatic carboxylic acids is 3. The lowest BCUT2D eigenvalue weighted by Crippen LogP contribution is -2.33. The van der Waals surface area contributed by atoms with Gasteiger partial charge in [0, 0.05) is 17.3 Å². The molecule has 9 nitrogen and oxygen atoms in total. The number of carboxylic acids is 3. The Hall–Kier alpha value is -0.660. The summed E-state index contributed by atoms with van der Waals surface area (Å²) in [5.41, 5.74) is 15.4. The van der Waals surface area contributed by atoms with Crippen LogP contribution in [0.25, 0.3) is 0 Å². The molecule has 0 radical (unpaired) electrons. The second kappa shape index (κ2) is 13.0. The molecule has 0 aliphatic carbocycles. The lowest BCUT2D eigenvalue weighted by Gasteiger charge is -2.07. The van der Waals surface area contributed by atoms with Gasteiger partial charge in [0.15, 0.2) is 0 Å². The third-order valence-electron chi connectivity index (χ3n) is 1.73. The van der Waals surface area contributed by atoms with E-state index in [0.717, 1.165) is 0 Å². The monoisotopic (exact) mass is 361 g/mol. The number of nitrogens with two attached hydrogens (primary N) is 3. The molecular formula is C9H19N3O6S3. The highest BCUT2D eigenvalue weighted by Crippen LogP contribution is 2.22. The molecule has 0 aliphatic heterocycles. The summed E-state index contributed by atoms with van der Waals surface area (Å²) in [5.74, 6) is -2.50. The van der Waals surface area contributed by atoms with Crippen LogP contribution < -0.4 is 17.2 Å². The van der Waals surface area contributed by atoms with Crippen molar-refractivity contribution in [2.24, 2.45) is 17.2 Å². The maximum absolute atomic E-state index is 10.3. The van der Waals surface area contributed by atoms with E-state index < -0.39 is 36.0 Å². The van der Waals surface area contributed by atoms with E-state index in [0.29, 0.717) is 0 Å². The molecule has 0 aliphatic rings. The Kier molecular flexibility index (Phi) is 14.0. The second-order valence-electron chi connectivity index (χ2n) is 3.59. The maximum Gasteiger partial charge on any atom is 0.321 e. The van der Waals surface area contributed by atoms with Gasteiger partial charge in [0.25, 0.3) is 0 Å². The van der Waals surface area contributed by atoms with Crippen LogP contribution in [0.15, 0.2) is 0 Å². The zero-order valence-corrected chi connectivity index (χ0v) is 13.4. The highest BCUT2D eigenvalue weighted by Gasteiger charge is 2.14. The molecule has 0 saturated carbocycles. The van der Waals surface area contributed by atoms with Crippen LogP contribution in [0.3, 0.4) is 0 Å². The van der Waals surface area contributed by atoms with Crippen LogP contribution in [0.5, 0.6) is 0 Å². The summed E-state index contributed by atoms with van der Waals surface area (Å²) >= 11 is 3.65. The average Bonchev–Trinajstić information content (AvgIpc) is 2.42. The third-order valence-corrected chi connectivity index (χ3v) is 4.59. The zero-order chi connectivity index (χ0) is 17.0. The van der Waals surface area contributed by atoms with Crippen LogP contribution >= 0.6 is 34.2 Å². The van der Waals surface area contributed by atoms with Gasteiger partial charge in [-0.1, -0.05) is 21.6 Å². The van der Waals surface area contributed by atoms with Gasteiger partial charge in [-0.2, -0.15) is 12.6 Å². The van der Waals surface area contributed by atoms with Gasteiger partial charge < -0.3 is 32.5 Å². The predicted octanol–water partition coefficient (Wildman–Crippen LogP) is -1.48. The summed E-state index contributed by atoms with van der Waals surface area (Å²) in [4.78, 5) is 30.3. The molecule has 0 amide bonds. The molecule has 0 aromatic heterocycles. The summed E-state index contributed by atoms with van der Waals surface area (Å²) < 4.78 is 0. The molecule has 3 unspecified atom stereocenters. The normalized spacial score (nSPS) is 14.3. The molecule has 124 valence electrons. The third kappa shape index (κ3) is 14.1. The SMILES string of the molecule is NC(CS)C(=O)O.NC(CSSCC(N)C(=O)O)C(=O)O. The Labute approximate surface area is 134 Å². The Morgan fingerprint density at radius 2 is 1.10 bits per heavy atom. The van der Waals surface area contributed by atoms with E-state index in [1.807, 2.05) is 0 Å². The fraction of sp³-hybridized carbons (Fsp3) is 0.667. The molecule has 0 heterocycles. The maximum atomic E-state index is 10.3. The van der Waals surface area contributed by atoms with Crippen LogP contribution in [0.2, 0.25) is 0 Å². The van der Waals surface area contributed by atoms with E-state index in [2.05, 4.69) is 12.6 Å². The van der Waals surface area contributed by atoms with Crippen molar-refractivity contribution >= 4 is 52.1 Å². The Balaban J connectivity index is 0. The lowest BCUT2D eigenvalue weighted by molar-refractivity contribution is -0.138. The highest BCUT2D eigenvalue weighted by atomic mass is 33.1. The van der Waals surface area contributed by atoms with Crippen LogP contribution in [0, 0.1) is 0 Å². The number of carboxylic acid groups (broad SMARTS) is 3. The Bertz CT molecular complexity index is 325.